The van der Waals surface area contributed by atoms with Gasteiger partial charge in [-0.2, -0.15) is 0 Å². The predicted octanol–water partition coefficient (Wildman–Crippen LogP) is 0.117. The topological polar surface area (TPSA) is 75.0 Å². The van der Waals surface area contributed by atoms with E-state index in [1.165, 1.54) is 6.92 Å². The third kappa shape index (κ3) is 2.47. The van der Waals surface area contributed by atoms with E-state index in [9.17, 15) is 9.59 Å². The number of H-pyrrole nitrogens is 2. The second-order valence-electron chi connectivity index (χ2n) is 2.77. The van der Waals surface area contributed by atoms with Gasteiger partial charge in [-0.15, -0.1) is 0 Å². The summed E-state index contributed by atoms with van der Waals surface area (Å²) in [5, 5.41) is 5.15. The number of hydrogen-bond donors (Lipinski definition) is 2. The van der Waals surface area contributed by atoms with Gasteiger partial charge in [0.25, 0.3) is 5.56 Å². The van der Waals surface area contributed by atoms with E-state index in [-0.39, 0.29) is 18.1 Å². The summed E-state index contributed by atoms with van der Waals surface area (Å²) in [4.78, 5) is 21.5. The van der Waals surface area contributed by atoms with Crippen molar-refractivity contribution in [2.75, 3.05) is 6.61 Å². The van der Waals surface area contributed by atoms with E-state index in [0.717, 1.165) is 5.69 Å². The molecule has 0 aliphatic carbocycles. The second-order valence-corrected chi connectivity index (χ2v) is 2.77. The maximum absolute atomic E-state index is 11.1. The van der Waals surface area contributed by atoms with Crippen LogP contribution in [0.5, 0.6) is 0 Å². The number of nitrogens with one attached hydrogen (secondary N) is 2. The number of carbonyl (C=O) groups excluding carboxylic acids is 1. The molecule has 1 aromatic rings. The zero-order chi connectivity index (χ0) is 9.84. The molecule has 0 atom stereocenters. The van der Waals surface area contributed by atoms with Gasteiger partial charge in [-0.05, 0) is 6.92 Å². The molecule has 0 bridgehead atoms. The van der Waals surface area contributed by atoms with E-state index < -0.39 is 0 Å². The standard InChI is InChI=1S/C8H12N2O3/c1-5-7(8(12)10-9-5)3-4-13-6(2)11/h3-4H2,1-2H3,(H2,9,10,12). The van der Waals surface area contributed by atoms with Crippen LogP contribution < -0.4 is 5.56 Å². The zero-order valence-corrected chi connectivity index (χ0v) is 7.64. The molecule has 0 aromatic carbocycles. The molecule has 5 nitrogen and oxygen atoms in total. The van der Waals surface area contributed by atoms with Crippen molar-refractivity contribution in [3.63, 3.8) is 0 Å². The fourth-order valence-corrected chi connectivity index (χ4v) is 1.07. The first kappa shape index (κ1) is 9.57. The van der Waals surface area contributed by atoms with Crippen LogP contribution >= 0.6 is 0 Å². The van der Waals surface area contributed by atoms with Crippen molar-refractivity contribution in [1.29, 1.82) is 0 Å². The van der Waals surface area contributed by atoms with Gasteiger partial charge in [-0.3, -0.25) is 14.7 Å². The zero-order valence-electron chi connectivity index (χ0n) is 7.64. The molecule has 0 amide bonds. The molecule has 1 rings (SSSR count). The number of rotatable bonds is 3. The van der Waals surface area contributed by atoms with Crippen LogP contribution in [-0.2, 0) is 16.0 Å². The minimum atomic E-state index is -0.329. The number of aromatic amines is 2. The molecule has 0 unspecified atom stereocenters. The van der Waals surface area contributed by atoms with Gasteiger partial charge in [0.15, 0.2) is 0 Å². The smallest absolute Gasteiger partial charge is 0.302 e. The minimum absolute atomic E-state index is 0.148. The summed E-state index contributed by atoms with van der Waals surface area (Å²) in [6.07, 6.45) is 0.449. The highest BCUT2D eigenvalue weighted by molar-refractivity contribution is 5.65. The van der Waals surface area contributed by atoms with Gasteiger partial charge in [-0.1, -0.05) is 0 Å². The van der Waals surface area contributed by atoms with E-state index in [1.54, 1.807) is 6.92 Å². The summed E-state index contributed by atoms with van der Waals surface area (Å²) < 4.78 is 4.72. The molecule has 0 radical (unpaired) electrons. The van der Waals surface area contributed by atoms with Crippen LogP contribution in [0.4, 0.5) is 0 Å². The number of esters is 1. The van der Waals surface area contributed by atoms with E-state index in [2.05, 4.69) is 10.2 Å². The van der Waals surface area contributed by atoms with Gasteiger partial charge in [0.05, 0.1) is 6.61 Å². The first-order chi connectivity index (χ1) is 6.11. The van der Waals surface area contributed by atoms with Gasteiger partial charge in [0.1, 0.15) is 0 Å². The van der Waals surface area contributed by atoms with Gasteiger partial charge in [0, 0.05) is 24.6 Å². The average Bonchev–Trinajstić information content (AvgIpc) is 2.34. The maximum Gasteiger partial charge on any atom is 0.302 e. The third-order valence-electron chi connectivity index (χ3n) is 1.75. The van der Waals surface area contributed by atoms with Crippen LogP contribution in [0, 0.1) is 6.92 Å². The van der Waals surface area contributed by atoms with E-state index >= 15 is 0 Å². The Bertz CT molecular complexity index is 351. The van der Waals surface area contributed by atoms with Crippen molar-refractivity contribution in [2.24, 2.45) is 0 Å². The van der Waals surface area contributed by atoms with Crippen LogP contribution in [0.3, 0.4) is 0 Å². The summed E-state index contributed by atoms with van der Waals surface area (Å²) in [6, 6.07) is 0. The highest BCUT2D eigenvalue weighted by Crippen LogP contribution is 1.98. The molecule has 13 heavy (non-hydrogen) atoms. The molecule has 1 aromatic heterocycles. The van der Waals surface area contributed by atoms with Gasteiger partial charge in [0.2, 0.25) is 0 Å². The number of carbonyl (C=O) groups is 1. The molecular weight excluding hydrogens is 172 g/mol. The summed E-state index contributed by atoms with van der Waals surface area (Å²) in [7, 11) is 0. The highest BCUT2D eigenvalue weighted by atomic mass is 16.5. The van der Waals surface area contributed by atoms with Crippen LogP contribution in [0.25, 0.3) is 0 Å². The molecule has 5 heteroatoms. The average molecular weight is 184 g/mol. The Morgan fingerprint density at radius 3 is 2.62 bits per heavy atom. The molecule has 0 aliphatic heterocycles. The van der Waals surface area contributed by atoms with Crippen LogP contribution in [0.2, 0.25) is 0 Å². The maximum atomic E-state index is 11.1. The van der Waals surface area contributed by atoms with Gasteiger partial charge in [-0.25, -0.2) is 0 Å². The SMILES string of the molecule is CC(=O)OCCc1c(C)[nH][nH]c1=O. The molecule has 0 fully saturated rings. The summed E-state index contributed by atoms with van der Waals surface area (Å²) in [6.45, 7) is 3.38. The van der Waals surface area contributed by atoms with E-state index in [0.29, 0.717) is 12.0 Å². The quantitative estimate of drug-likeness (QED) is 0.655. The third-order valence-corrected chi connectivity index (χ3v) is 1.75. The Labute approximate surface area is 75.1 Å². The minimum Gasteiger partial charge on any atom is -0.466 e. The second kappa shape index (κ2) is 3.93. The van der Waals surface area contributed by atoms with Crippen molar-refractivity contribution in [3.8, 4) is 0 Å². The van der Waals surface area contributed by atoms with Crippen molar-refractivity contribution in [3.05, 3.63) is 21.6 Å². The number of aryl methyl sites for hydroxylation is 1. The summed E-state index contributed by atoms with van der Waals surface area (Å²) >= 11 is 0. The van der Waals surface area contributed by atoms with Crippen molar-refractivity contribution >= 4 is 5.97 Å². The van der Waals surface area contributed by atoms with Crippen molar-refractivity contribution in [1.82, 2.24) is 10.2 Å². The first-order valence-corrected chi connectivity index (χ1v) is 4.00. The Balaban J connectivity index is 2.54. The Morgan fingerprint density at radius 1 is 1.46 bits per heavy atom. The van der Waals surface area contributed by atoms with Gasteiger partial charge >= 0.3 is 5.97 Å². The van der Waals surface area contributed by atoms with Crippen LogP contribution in [-0.4, -0.2) is 22.8 Å². The lowest BCUT2D eigenvalue weighted by Gasteiger charge is -1.99. The molecule has 1 heterocycles. The lowest BCUT2D eigenvalue weighted by molar-refractivity contribution is -0.140. The fraction of sp³-hybridized carbons (Fsp3) is 0.500. The molecular formula is C8H12N2O3. The first-order valence-electron chi connectivity index (χ1n) is 4.00. The van der Waals surface area contributed by atoms with Crippen LogP contribution in [0.15, 0.2) is 4.79 Å². The molecule has 0 saturated heterocycles. The Hall–Kier alpha value is -1.52. The number of hydrogen-bond acceptors (Lipinski definition) is 3. The molecule has 2 N–H and O–H groups in total. The van der Waals surface area contributed by atoms with Crippen molar-refractivity contribution < 1.29 is 9.53 Å². The molecule has 0 spiro atoms. The monoisotopic (exact) mass is 184 g/mol. The van der Waals surface area contributed by atoms with Crippen LogP contribution in [0.1, 0.15) is 18.2 Å². The lowest BCUT2D eigenvalue weighted by atomic mass is 10.2. The molecule has 72 valence electrons. The summed E-state index contributed by atoms with van der Waals surface area (Å²) in [5.41, 5.74) is 1.28. The van der Waals surface area contributed by atoms with E-state index in [1.807, 2.05) is 0 Å². The van der Waals surface area contributed by atoms with Gasteiger partial charge < -0.3 is 9.84 Å². The number of ether oxygens (including phenoxy) is 1. The molecule has 0 saturated carbocycles. The predicted molar refractivity (Wildman–Crippen MR) is 46.5 cm³/mol. The summed E-state index contributed by atoms with van der Waals surface area (Å²) in [5.74, 6) is -0.329. The van der Waals surface area contributed by atoms with E-state index in [4.69, 9.17) is 4.74 Å². The molecule has 0 aliphatic rings. The highest BCUT2D eigenvalue weighted by Gasteiger charge is 2.05. The Kier molecular flexibility index (Phi) is 2.89. The lowest BCUT2D eigenvalue weighted by Crippen LogP contribution is -2.11. The fourth-order valence-electron chi connectivity index (χ4n) is 1.07. The normalized spacial score (nSPS) is 10.0. The Morgan fingerprint density at radius 2 is 2.15 bits per heavy atom. The number of aromatic nitrogens is 2. The largest absolute Gasteiger partial charge is 0.466 e. The van der Waals surface area contributed by atoms with Crippen molar-refractivity contribution in [2.45, 2.75) is 20.3 Å².